The number of hydrogen-bond donors (Lipinski definition) is 1. The lowest BCUT2D eigenvalue weighted by Crippen LogP contribution is -2.65. The van der Waals surface area contributed by atoms with Crippen molar-refractivity contribution in [3.63, 3.8) is 0 Å². The molecule has 0 amide bonds. The van der Waals surface area contributed by atoms with Crippen LogP contribution >= 0.6 is 0 Å². The van der Waals surface area contributed by atoms with Crippen LogP contribution in [0.5, 0.6) is 28.7 Å². The maximum absolute atomic E-state index is 15.1. The smallest absolute Gasteiger partial charge is 0.308 e. The molecule has 2 aliphatic heterocycles. The van der Waals surface area contributed by atoms with Gasteiger partial charge in [0, 0.05) is 93.0 Å². The average molecular weight is 1090 g/mol. The molecular formula is C50H58O27. The Morgan fingerprint density at radius 3 is 1.47 bits per heavy atom. The molecule has 77 heavy (non-hydrogen) atoms. The molecule has 0 radical (unpaired) electrons. The zero-order valence-corrected chi connectivity index (χ0v) is 44.0. The lowest BCUT2D eigenvalue weighted by Gasteiger charge is -2.46. The highest BCUT2D eigenvalue weighted by atomic mass is 16.8. The molecule has 0 spiro atoms. The number of fused-ring (bicyclic) bond motifs is 1. The van der Waals surface area contributed by atoms with Gasteiger partial charge in [-0.15, -0.1) is 0 Å². The summed E-state index contributed by atoms with van der Waals surface area (Å²) in [5.74, 6) is -12.1. The Balaban J connectivity index is 0.00000309. The van der Waals surface area contributed by atoms with E-state index in [4.69, 9.17) is 75.8 Å². The van der Waals surface area contributed by atoms with E-state index in [2.05, 4.69) is 0 Å². The van der Waals surface area contributed by atoms with E-state index >= 15 is 4.79 Å². The van der Waals surface area contributed by atoms with Crippen LogP contribution in [0, 0.1) is 0 Å². The van der Waals surface area contributed by atoms with Crippen LogP contribution < -0.4 is 29.1 Å². The highest BCUT2D eigenvalue weighted by molar-refractivity contribution is 5.91. The molecule has 3 aromatic rings. The normalized spacial score (nSPS) is 22.6. The molecule has 27 heteroatoms. The van der Waals surface area contributed by atoms with Gasteiger partial charge in [0.2, 0.25) is 23.6 Å². The fraction of sp³-hybridized carbons (Fsp3) is 0.500. The number of esters is 10. The van der Waals surface area contributed by atoms with Gasteiger partial charge >= 0.3 is 59.7 Å². The van der Waals surface area contributed by atoms with Gasteiger partial charge in [0.05, 0.1) is 12.7 Å². The molecular weight excluding hydrogens is 1030 g/mol. The first kappa shape index (κ1) is 61.5. The van der Waals surface area contributed by atoms with Crippen molar-refractivity contribution < 1.29 is 124 Å². The molecule has 420 valence electrons. The molecule has 0 aliphatic carbocycles. The first-order valence-electron chi connectivity index (χ1n) is 23.3. The number of benzene rings is 2. The maximum atomic E-state index is 15.1. The molecule has 10 atom stereocenters. The van der Waals surface area contributed by atoms with E-state index < -0.39 is 161 Å². The van der Waals surface area contributed by atoms with Crippen molar-refractivity contribution in [1.29, 1.82) is 0 Å². The van der Waals surface area contributed by atoms with Gasteiger partial charge in [0.25, 0.3) is 0 Å². The molecule has 3 heterocycles. The van der Waals surface area contributed by atoms with Crippen LogP contribution in [0.25, 0.3) is 22.3 Å². The van der Waals surface area contributed by atoms with Gasteiger partial charge in [-0.05, 0) is 39.0 Å². The van der Waals surface area contributed by atoms with Gasteiger partial charge in [-0.3, -0.25) is 52.7 Å². The van der Waals surface area contributed by atoms with Crippen LogP contribution in [0.4, 0.5) is 0 Å². The molecule has 1 aromatic heterocycles. The number of aliphatic hydroxyl groups excluding tert-OH is 1. The third-order valence-corrected chi connectivity index (χ3v) is 9.91. The predicted molar refractivity (Wildman–Crippen MR) is 253 cm³/mol. The first-order chi connectivity index (χ1) is 35.9. The third kappa shape index (κ3) is 17.5. The number of carbonyl (C=O) groups excluding carboxylic acids is 10. The minimum Gasteiger partial charge on any atom is -0.456 e. The lowest BCUT2D eigenvalue weighted by atomic mass is 9.97. The minimum absolute atomic E-state index is 0.167. The molecule has 2 aliphatic rings. The summed E-state index contributed by atoms with van der Waals surface area (Å²) in [6.45, 7) is 14.2. The highest BCUT2D eigenvalue weighted by Crippen LogP contribution is 2.42. The lowest BCUT2D eigenvalue weighted by molar-refractivity contribution is -0.323. The molecule has 0 saturated carbocycles. The Kier molecular flexibility index (Phi) is 21.7. The van der Waals surface area contributed by atoms with Crippen LogP contribution in [-0.4, -0.2) is 139 Å². The summed E-state index contributed by atoms with van der Waals surface area (Å²) in [7, 11) is 0. The summed E-state index contributed by atoms with van der Waals surface area (Å²) in [5.41, 5.74) is -1.75. The Morgan fingerprint density at radius 2 is 0.961 bits per heavy atom. The number of carbonyl (C=O) groups is 10. The SMILES string of the molecule is CC(=O)Oc1cc(OC(C)=O)c2c(=O)c(O[C@@H]3O[C@H](CO[C@@H]4O[C@@H](C)[C@H](OC(C)=O)[C@@H](OC(C)=O)[C@H]4OC(C)=O)[C@@H](OC(C)=O)[C@H](OC(C)=O)[C@H]3OC(C)=O)c(-c3ccc(OC(C)=O)c(OC(C)=O)c3)oc2c1.CC(C)O. The Hall–Kier alpha value is -8.01. The summed E-state index contributed by atoms with van der Waals surface area (Å²) >= 11 is 0. The van der Waals surface area contributed by atoms with E-state index in [0.717, 1.165) is 93.5 Å². The standard InChI is InChI=1S/C47H50O26.C3H8O/c1-18-38(65-23(6)52)42(67-25(8)54)44(69-27(10)56)46(60-18)59-17-35-40(66-24(7)53)43(68-26(9)55)45(70-28(11)57)47(72-35)73-41-37(58)36-33(64-22(5)51)15-30(61-19(2)48)16-34(36)71-39(41)29-12-13-31(62-20(3)49)32(14-29)63-21(4)50;1-3(2)4/h12-16,18,35,38,40,42-47H,17H2,1-11H3;3-4H,1-2H3/t18-,35+,38-,40+,42+,43-,44+,45+,46+,47-;/m0./s1. The Bertz CT molecular complexity index is 2790. The van der Waals surface area contributed by atoms with E-state index in [0.29, 0.717) is 0 Å². The van der Waals surface area contributed by atoms with Crippen molar-refractivity contribution in [2.45, 2.75) is 158 Å². The number of ether oxygens (including phenoxy) is 14. The van der Waals surface area contributed by atoms with E-state index in [1.807, 2.05) is 0 Å². The summed E-state index contributed by atoms with van der Waals surface area (Å²) in [4.78, 5) is 139. The maximum Gasteiger partial charge on any atom is 0.308 e. The topological polar surface area (TPSA) is 350 Å². The van der Waals surface area contributed by atoms with Crippen LogP contribution in [0.3, 0.4) is 0 Å². The zero-order valence-electron chi connectivity index (χ0n) is 44.0. The van der Waals surface area contributed by atoms with Crippen molar-refractivity contribution >= 4 is 70.7 Å². The molecule has 1 N–H and O–H groups in total. The van der Waals surface area contributed by atoms with E-state index in [9.17, 15) is 47.9 Å². The van der Waals surface area contributed by atoms with Gasteiger partial charge in [0.1, 0.15) is 28.6 Å². The predicted octanol–water partition coefficient (Wildman–Crippen LogP) is 3.00. The van der Waals surface area contributed by atoms with Gasteiger partial charge in [-0.2, -0.15) is 0 Å². The third-order valence-electron chi connectivity index (χ3n) is 9.91. The van der Waals surface area contributed by atoms with Crippen LogP contribution in [-0.2, 0) is 90.6 Å². The fourth-order valence-corrected chi connectivity index (χ4v) is 7.62. The van der Waals surface area contributed by atoms with Gasteiger partial charge in [-0.1, -0.05) is 0 Å². The number of hydrogen-bond acceptors (Lipinski definition) is 27. The molecule has 2 fully saturated rings. The van der Waals surface area contributed by atoms with Crippen LogP contribution in [0.15, 0.2) is 39.5 Å². The van der Waals surface area contributed by atoms with Gasteiger partial charge in [-0.25, -0.2) is 0 Å². The quantitative estimate of drug-likeness (QED) is 0.122. The van der Waals surface area contributed by atoms with E-state index in [-0.39, 0.29) is 28.9 Å². The zero-order chi connectivity index (χ0) is 57.7. The van der Waals surface area contributed by atoms with E-state index in [1.165, 1.54) is 13.0 Å². The van der Waals surface area contributed by atoms with Gasteiger partial charge < -0.3 is 75.8 Å². The average Bonchev–Trinajstić information content (AvgIpc) is 3.26. The molecule has 0 unspecified atom stereocenters. The Labute approximate surface area is 438 Å². The first-order valence-corrected chi connectivity index (χ1v) is 23.3. The molecule has 2 aromatic carbocycles. The second kappa shape index (κ2) is 27.2. The summed E-state index contributed by atoms with van der Waals surface area (Å²) in [5, 5.41) is 7.53. The fourth-order valence-electron chi connectivity index (χ4n) is 7.62. The summed E-state index contributed by atoms with van der Waals surface area (Å²) < 4.78 is 85.2. The van der Waals surface area contributed by atoms with Crippen molar-refractivity contribution in [2.24, 2.45) is 0 Å². The molecule has 27 nitrogen and oxygen atoms in total. The van der Waals surface area contributed by atoms with Crippen molar-refractivity contribution in [3.8, 4) is 40.1 Å². The highest BCUT2D eigenvalue weighted by Gasteiger charge is 2.55. The summed E-state index contributed by atoms with van der Waals surface area (Å²) in [6, 6.07) is 5.59. The number of rotatable bonds is 16. The molecule has 5 rings (SSSR count). The minimum atomic E-state index is -2.14. The van der Waals surface area contributed by atoms with Gasteiger partial charge in [0.15, 0.2) is 54.1 Å². The Morgan fingerprint density at radius 1 is 0.519 bits per heavy atom. The van der Waals surface area contributed by atoms with Crippen LogP contribution in [0.2, 0.25) is 0 Å². The second-order valence-corrected chi connectivity index (χ2v) is 17.2. The monoisotopic (exact) mass is 1090 g/mol. The van der Waals surface area contributed by atoms with Crippen molar-refractivity contribution in [2.75, 3.05) is 6.61 Å². The van der Waals surface area contributed by atoms with Crippen molar-refractivity contribution in [1.82, 2.24) is 0 Å². The molecule has 2 saturated heterocycles. The summed E-state index contributed by atoms with van der Waals surface area (Å²) in [6.07, 6.45) is -17.0. The molecule has 0 bridgehead atoms. The second-order valence-electron chi connectivity index (χ2n) is 17.2. The van der Waals surface area contributed by atoms with E-state index in [1.54, 1.807) is 13.8 Å². The number of aliphatic hydroxyl groups is 1. The largest absolute Gasteiger partial charge is 0.456 e. The van der Waals surface area contributed by atoms with Crippen LogP contribution in [0.1, 0.15) is 90.0 Å². The van der Waals surface area contributed by atoms with Crippen molar-refractivity contribution in [3.05, 3.63) is 40.6 Å².